The number of aromatic amines is 1. The van der Waals surface area contributed by atoms with Crippen LogP contribution in [0.15, 0.2) is 22.7 Å². The second kappa shape index (κ2) is 7.11. The largest absolute Gasteiger partial charge is 0.460 e. The van der Waals surface area contributed by atoms with Crippen LogP contribution in [-0.4, -0.2) is 41.8 Å². The van der Waals surface area contributed by atoms with Gasteiger partial charge in [-0.3, -0.25) is 5.10 Å². The second-order valence-electron chi connectivity index (χ2n) is 6.39. The third-order valence-corrected chi connectivity index (χ3v) is 4.59. The predicted molar refractivity (Wildman–Crippen MR) is 87.6 cm³/mol. The molecule has 1 aliphatic rings. The molecule has 5 nitrogen and oxygen atoms in total. The van der Waals surface area contributed by atoms with Gasteiger partial charge in [0.05, 0.1) is 6.20 Å². The number of likely N-dealkylation sites (tertiary alicyclic amines) is 1. The molecule has 0 unspecified atom stereocenters. The minimum absolute atomic E-state index is 0.832. The summed E-state index contributed by atoms with van der Waals surface area (Å²) in [6.45, 7) is 6.34. The average molecular weight is 302 g/mol. The monoisotopic (exact) mass is 302 g/mol. The number of piperidine rings is 1. The van der Waals surface area contributed by atoms with Gasteiger partial charge in [-0.05, 0) is 70.9 Å². The number of furan rings is 1. The second-order valence-corrected chi connectivity index (χ2v) is 6.39. The maximum absolute atomic E-state index is 5.68. The van der Waals surface area contributed by atoms with Crippen molar-refractivity contribution in [3.8, 4) is 11.5 Å². The van der Waals surface area contributed by atoms with E-state index in [1.165, 1.54) is 32.4 Å². The van der Waals surface area contributed by atoms with Crippen LogP contribution < -0.4 is 5.32 Å². The lowest BCUT2D eigenvalue weighted by atomic mass is 9.94. The third-order valence-electron chi connectivity index (χ3n) is 4.59. The van der Waals surface area contributed by atoms with Gasteiger partial charge in [0, 0.05) is 12.1 Å². The lowest BCUT2D eigenvalue weighted by Crippen LogP contribution is -2.31. The van der Waals surface area contributed by atoms with E-state index >= 15 is 0 Å². The van der Waals surface area contributed by atoms with Crippen LogP contribution in [0.4, 0.5) is 0 Å². The molecule has 22 heavy (non-hydrogen) atoms. The topological polar surface area (TPSA) is 57.1 Å². The molecule has 0 amide bonds. The number of H-pyrrole nitrogens is 1. The van der Waals surface area contributed by atoms with Crippen molar-refractivity contribution in [2.45, 2.75) is 32.7 Å². The Kier molecular flexibility index (Phi) is 4.95. The van der Waals surface area contributed by atoms with Gasteiger partial charge in [-0.15, -0.1) is 0 Å². The van der Waals surface area contributed by atoms with Crippen molar-refractivity contribution in [3.05, 3.63) is 29.7 Å². The lowest BCUT2D eigenvalue weighted by molar-refractivity contribution is 0.211. The molecule has 120 valence electrons. The molecule has 1 aliphatic heterocycles. The fraction of sp³-hybridized carbons (Fsp3) is 0.588. The first kappa shape index (κ1) is 15.3. The first-order chi connectivity index (χ1) is 10.7. The molecule has 1 fully saturated rings. The van der Waals surface area contributed by atoms with Crippen molar-refractivity contribution in [2.24, 2.45) is 5.92 Å². The number of rotatable bonds is 6. The van der Waals surface area contributed by atoms with Gasteiger partial charge in [-0.1, -0.05) is 0 Å². The zero-order valence-electron chi connectivity index (χ0n) is 13.6. The van der Waals surface area contributed by atoms with Crippen molar-refractivity contribution >= 4 is 0 Å². The van der Waals surface area contributed by atoms with Crippen molar-refractivity contribution < 1.29 is 4.42 Å². The van der Waals surface area contributed by atoms with E-state index in [4.69, 9.17) is 4.42 Å². The smallest absolute Gasteiger partial charge is 0.152 e. The van der Waals surface area contributed by atoms with Gasteiger partial charge in [0.2, 0.25) is 0 Å². The van der Waals surface area contributed by atoms with Crippen LogP contribution in [0.2, 0.25) is 0 Å². The Morgan fingerprint density at radius 3 is 2.91 bits per heavy atom. The Morgan fingerprint density at radius 2 is 2.18 bits per heavy atom. The zero-order chi connectivity index (χ0) is 15.4. The first-order valence-corrected chi connectivity index (χ1v) is 8.20. The van der Waals surface area contributed by atoms with Crippen LogP contribution in [-0.2, 0) is 6.54 Å². The van der Waals surface area contributed by atoms with Crippen molar-refractivity contribution in [2.75, 3.05) is 26.7 Å². The van der Waals surface area contributed by atoms with E-state index in [0.717, 1.165) is 41.8 Å². The van der Waals surface area contributed by atoms with Gasteiger partial charge in [0.1, 0.15) is 11.5 Å². The normalized spacial score (nSPS) is 17.2. The summed E-state index contributed by atoms with van der Waals surface area (Å²) in [4.78, 5) is 2.42. The Balaban J connectivity index is 1.45. The van der Waals surface area contributed by atoms with E-state index in [0.29, 0.717) is 0 Å². The Hall–Kier alpha value is -1.59. The highest BCUT2D eigenvalue weighted by Gasteiger charge is 2.16. The number of aryl methyl sites for hydroxylation is 1. The standard InChI is InChI=1S/C17H26N4O/c1-13-3-4-16(22-13)17-15(12-19-20-17)11-18-8-5-14-6-9-21(2)10-7-14/h3-4,12,14,18H,5-11H2,1-2H3,(H,19,20). The fourth-order valence-corrected chi connectivity index (χ4v) is 3.11. The summed E-state index contributed by atoms with van der Waals surface area (Å²) in [7, 11) is 2.21. The predicted octanol–water partition coefficient (Wildman–Crippen LogP) is 2.80. The molecule has 0 atom stereocenters. The Labute approximate surface area is 132 Å². The molecule has 0 aliphatic carbocycles. The number of nitrogens with zero attached hydrogens (tertiary/aromatic N) is 2. The highest BCUT2D eigenvalue weighted by atomic mass is 16.3. The van der Waals surface area contributed by atoms with Gasteiger partial charge < -0.3 is 14.6 Å². The van der Waals surface area contributed by atoms with E-state index in [1.807, 2.05) is 25.3 Å². The minimum Gasteiger partial charge on any atom is -0.460 e. The van der Waals surface area contributed by atoms with Crippen molar-refractivity contribution in [3.63, 3.8) is 0 Å². The van der Waals surface area contributed by atoms with Gasteiger partial charge in [0.25, 0.3) is 0 Å². The molecular formula is C17H26N4O. The molecule has 0 bridgehead atoms. The van der Waals surface area contributed by atoms with Gasteiger partial charge in [0.15, 0.2) is 5.76 Å². The van der Waals surface area contributed by atoms with Gasteiger partial charge >= 0.3 is 0 Å². The molecule has 0 spiro atoms. The molecule has 0 aromatic carbocycles. The number of aromatic nitrogens is 2. The summed E-state index contributed by atoms with van der Waals surface area (Å²) in [5, 5.41) is 10.7. The summed E-state index contributed by atoms with van der Waals surface area (Å²) in [6.07, 6.45) is 5.82. The van der Waals surface area contributed by atoms with Crippen LogP contribution in [0.3, 0.4) is 0 Å². The average Bonchev–Trinajstić information content (AvgIpc) is 3.14. The molecule has 1 saturated heterocycles. The SMILES string of the molecule is Cc1ccc(-c2[nH]ncc2CNCCC2CCN(C)CC2)o1. The summed E-state index contributed by atoms with van der Waals surface area (Å²) in [5.41, 5.74) is 2.15. The number of hydrogen-bond donors (Lipinski definition) is 2. The van der Waals surface area contributed by atoms with E-state index in [1.54, 1.807) is 0 Å². The van der Waals surface area contributed by atoms with Crippen molar-refractivity contribution in [1.29, 1.82) is 0 Å². The highest BCUT2D eigenvalue weighted by Crippen LogP contribution is 2.23. The number of hydrogen-bond acceptors (Lipinski definition) is 4. The molecule has 3 rings (SSSR count). The summed E-state index contributed by atoms with van der Waals surface area (Å²) < 4.78 is 5.68. The third kappa shape index (κ3) is 3.78. The maximum atomic E-state index is 5.68. The van der Waals surface area contributed by atoms with E-state index in [2.05, 4.69) is 27.5 Å². The van der Waals surface area contributed by atoms with E-state index in [9.17, 15) is 0 Å². The van der Waals surface area contributed by atoms with E-state index in [-0.39, 0.29) is 0 Å². The minimum atomic E-state index is 0.832. The molecule has 0 radical (unpaired) electrons. The molecule has 3 heterocycles. The molecule has 5 heteroatoms. The Bertz CT molecular complexity index is 581. The summed E-state index contributed by atoms with van der Waals surface area (Å²) in [5.74, 6) is 2.66. The van der Waals surface area contributed by atoms with Crippen LogP contribution in [0.5, 0.6) is 0 Å². The molecule has 0 saturated carbocycles. The maximum Gasteiger partial charge on any atom is 0.152 e. The molecule has 2 aromatic heterocycles. The fourth-order valence-electron chi connectivity index (χ4n) is 3.11. The summed E-state index contributed by atoms with van der Waals surface area (Å²) in [6, 6.07) is 3.97. The van der Waals surface area contributed by atoms with Crippen LogP contribution in [0.25, 0.3) is 11.5 Å². The molecular weight excluding hydrogens is 276 g/mol. The van der Waals surface area contributed by atoms with Gasteiger partial charge in [-0.25, -0.2) is 0 Å². The van der Waals surface area contributed by atoms with Gasteiger partial charge in [-0.2, -0.15) is 5.10 Å². The molecule has 2 aromatic rings. The van der Waals surface area contributed by atoms with Crippen LogP contribution in [0, 0.1) is 12.8 Å². The van der Waals surface area contributed by atoms with Crippen LogP contribution >= 0.6 is 0 Å². The Morgan fingerprint density at radius 1 is 1.36 bits per heavy atom. The van der Waals surface area contributed by atoms with E-state index < -0.39 is 0 Å². The quantitative estimate of drug-likeness (QED) is 0.806. The summed E-state index contributed by atoms with van der Waals surface area (Å²) >= 11 is 0. The van der Waals surface area contributed by atoms with Crippen LogP contribution in [0.1, 0.15) is 30.6 Å². The number of nitrogens with one attached hydrogen (secondary N) is 2. The molecule has 2 N–H and O–H groups in total. The lowest BCUT2D eigenvalue weighted by Gasteiger charge is -2.28. The zero-order valence-corrected chi connectivity index (χ0v) is 13.6. The highest BCUT2D eigenvalue weighted by molar-refractivity contribution is 5.56. The van der Waals surface area contributed by atoms with Crippen molar-refractivity contribution in [1.82, 2.24) is 20.4 Å². The first-order valence-electron chi connectivity index (χ1n) is 8.20.